The molecule has 4 heteroatoms. The predicted octanol–water partition coefficient (Wildman–Crippen LogP) is 2.80. The van der Waals surface area contributed by atoms with Crippen molar-refractivity contribution in [2.24, 2.45) is 5.92 Å². The van der Waals surface area contributed by atoms with E-state index in [1.807, 2.05) is 12.1 Å². The van der Waals surface area contributed by atoms with Crippen molar-refractivity contribution < 1.29 is 19.3 Å². The van der Waals surface area contributed by atoms with Crippen LogP contribution in [0.2, 0.25) is 0 Å². The highest BCUT2D eigenvalue weighted by atomic mass is 16.5. The molecule has 1 unspecified atom stereocenters. The zero-order valence-corrected chi connectivity index (χ0v) is 12.2. The number of benzene rings is 1. The summed E-state index contributed by atoms with van der Waals surface area (Å²) in [4.78, 5) is 0. The summed E-state index contributed by atoms with van der Waals surface area (Å²) in [5.41, 5.74) is 0.754. The van der Waals surface area contributed by atoms with Crippen LogP contribution in [0.15, 0.2) is 18.2 Å². The lowest BCUT2D eigenvalue weighted by Gasteiger charge is -2.15. The summed E-state index contributed by atoms with van der Waals surface area (Å²) >= 11 is 0. The molecule has 0 heterocycles. The van der Waals surface area contributed by atoms with Gasteiger partial charge in [-0.05, 0) is 25.0 Å². The van der Waals surface area contributed by atoms with E-state index in [1.54, 1.807) is 20.1 Å². The van der Waals surface area contributed by atoms with Gasteiger partial charge >= 0.3 is 0 Å². The molecule has 0 fully saturated rings. The van der Waals surface area contributed by atoms with Crippen molar-refractivity contribution in [2.45, 2.75) is 26.9 Å². The normalized spacial score (nSPS) is 12.5. The maximum atomic E-state index is 9.69. The first kappa shape index (κ1) is 15.8. The van der Waals surface area contributed by atoms with Crippen LogP contribution >= 0.6 is 0 Å². The van der Waals surface area contributed by atoms with Gasteiger partial charge in [0.15, 0.2) is 0 Å². The Morgan fingerprint density at radius 3 is 2.47 bits per heavy atom. The van der Waals surface area contributed by atoms with Gasteiger partial charge in [0.2, 0.25) is 0 Å². The molecule has 1 atom stereocenters. The molecule has 0 bridgehead atoms. The second-order valence-corrected chi connectivity index (χ2v) is 4.90. The van der Waals surface area contributed by atoms with E-state index >= 15 is 0 Å². The summed E-state index contributed by atoms with van der Waals surface area (Å²) in [6.45, 7) is 7.64. The van der Waals surface area contributed by atoms with Crippen molar-refractivity contribution in [2.75, 3.05) is 26.9 Å². The molecule has 0 amide bonds. The lowest BCUT2D eigenvalue weighted by molar-refractivity contribution is 0.0805. The molecular weight excluding hydrogens is 244 g/mol. The van der Waals surface area contributed by atoms with Crippen molar-refractivity contribution >= 4 is 0 Å². The third-order valence-electron chi connectivity index (χ3n) is 2.61. The molecule has 1 N–H and O–H groups in total. The molecule has 0 saturated carbocycles. The van der Waals surface area contributed by atoms with Crippen molar-refractivity contribution in [1.29, 1.82) is 0 Å². The Morgan fingerprint density at radius 1 is 1.16 bits per heavy atom. The van der Waals surface area contributed by atoms with Crippen LogP contribution in [0.4, 0.5) is 0 Å². The van der Waals surface area contributed by atoms with Crippen LogP contribution in [-0.4, -0.2) is 32.0 Å². The van der Waals surface area contributed by atoms with Gasteiger partial charge in [-0.2, -0.15) is 0 Å². The molecule has 1 aromatic rings. The largest absolute Gasteiger partial charge is 0.497 e. The van der Waals surface area contributed by atoms with Gasteiger partial charge in [0, 0.05) is 18.2 Å². The van der Waals surface area contributed by atoms with Crippen molar-refractivity contribution in [3.63, 3.8) is 0 Å². The number of methoxy groups -OCH3 is 1. The van der Waals surface area contributed by atoms with Crippen LogP contribution in [0, 0.1) is 5.92 Å². The van der Waals surface area contributed by atoms with Gasteiger partial charge in [-0.25, -0.2) is 0 Å². The molecule has 0 aliphatic rings. The Labute approximate surface area is 115 Å². The summed E-state index contributed by atoms with van der Waals surface area (Å²) < 4.78 is 16.3. The molecule has 0 aliphatic heterocycles. The van der Waals surface area contributed by atoms with Gasteiger partial charge < -0.3 is 19.3 Å². The maximum absolute atomic E-state index is 9.69. The van der Waals surface area contributed by atoms with Crippen LogP contribution in [0.1, 0.15) is 32.4 Å². The number of rotatable bonds is 8. The van der Waals surface area contributed by atoms with Gasteiger partial charge in [-0.1, -0.05) is 13.8 Å². The smallest absolute Gasteiger partial charge is 0.128 e. The van der Waals surface area contributed by atoms with Crippen molar-refractivity contribution in [3.8, 4) is 11.5 Å². The van der Waals surface area contributed by atoms with E-state index in [-0.39, 0.29) is 0 Å². The lowest BCUT2D eigenvalue weighted by atomic mass is 10.1. The number of aliphatic hydroxyl groups is 1. The first-order valence-corrected chi connectivity index (χ1v) is 6.61. The molecule has 0 aromatic heterocycles. The fourth-order valence-electron chi connectivity index (χ4n) is 1.64. The Balaban J connectivity index is 2.55. The molecule has 1 rings (SSSR count). The fourth-order valence-corrected chi connectivity index (χ4v) is 1.64. The molecule has 108 valence electrons. The van der Waals surface area contributed by atoms with Gasteiger partial charge in [0.1, 0.15) is 18.1 Å². The highest BCUT2D eigenvalue weighted by molar-refractivity contribution is 5.41. The van der Waals surface area contributed by atoms with Crippen LogP contribution in [-0.2, 0) is 4.74 Å². The molecule has 0 radical (unpaired) electrons. The number of ether oxygens (including phenoxy) is 3. The minimum atomic E-state index is -0.572. The lowest BCUT2D eigenvalue weighted by Crippen LogP contribution is -2.11. The van der Waals surface area contributed by atoms with Crippen molar-refractivity contribution in [1.82, 2.24) is 0 Å². The average molecular weight is 268 g/mol. The molecule has 19 heavy (non-hydrogen) atoms. The minimum Gasteiger partial charge on any atom is -0.497 e. The summed E-state index contributed by atoms with van der Waals surface area (Å²) in [6, 6.07) is 5.41. The van der Waals surface area contributed by atoms with Gasteiger partial charge in [0.25, 0.3) is 0 Å². The Morgan fingerprint density at radius 2 is 1.89 bits per heavy atom. The quantitative estimate of drug-likeness (QED) is 0.736. The van der Waals surface area contributed by atoms with Crippen LogP contribution in [0.25, 0.3) is 0 Å². The summed E-state index contributed by atoms with van der Waals surface area (Å²) in [6.07, 6.45) is -0.572. The average Bonchev–Trinajstić information content (AvgIpc) is 2.37. The van der Waals surface area contributed by atoms with Crippen molar-refractivity contribution in [3.05, 3.63) is 23.8 Å². The van der Waals surface area contributed by atoms with E-state index < -0.39 is 6.10 Å². The molecule has 0 aliphatic carbocycles. The van der Waals surface area contributed by atoms with E-state index in [0.29, 0.717) is 30.6 Å². The molecule has 1 aromatic carbocycles. The van der Waals surface area contributed by atoms with E-state index in [4.69, 9.17) is 14.2 Å². The van der Waals surface area contributed by atoms with Gasteiger partial charge in [-0.15, -0.1) is 0 Å². The van der Waals surface area contributed by atoms with Crippen LogP contribution in [0.5, 0.6) is 11.5 Å². The van der Waals surface area contributed by atoms with E-state index in [1.165, 1.54) is 0 Å². The number of hydrogen-bond donors (Lipinski definition) is 1. The SMILES string of the molecule is COc1ccc(C(C)O)c(OCCOCC(C)C)c1. The number of aliphatic hydroxyl groups excluding tert-OH is 1. The third-order valence-corrected chi connectivity index (χ3v) is 2.61. The summed E-state index contributed by atoms with van der Waals surface area (Å²) in [7, 11) is 1.60. The monoisotopic (exact) mass is 268 g/mol. The molecular formula is C15H24O4. The molecule has 4 nitrogen and oxygen atoms in total. The van der Waals surface area contributed by atoms with E-state index in [2.05, 4.69) is 13.8 Å². The second-order valence-electron chi connectivity index (χ2n) is 4.90. The minimum absolute atomic E-state index is 0.458. The first-order valence-electron chi connectivity index (χ1n) is 6.61. The third kappa shape index (κ3) is 5.49. The fraction of sp³-hybridized carbons (Fsp3) is 0.600. The van der Waals surface area contributed by atoms with Crippen LogP contribution in [0.3, 0.4) is 0 Å². The predicted molar refractivity (Wildman–Crippen MR) is 74.8 cm³/mol. The Kier molecular flexibility index (Phi) is 6.67. The van der Waals surface area contributed by atoms with Gasteiger partial charge in [0.05, 0.1) is 19.8 Å². The number of hydrogen-bond acceptors (Lipinski definition) is 4. The van der Waals surface area contributed by atoms with E-state index in [9.17, 15) is 5.11 Å². The molecule has 0 spiro atoms. The zero-order valence-electron chi connectivity index (χ0n) is 12.2. The molecule has 0 saturated heterocycles. The Bertz CT molecular complexity index is 374. The summed E-state index contributed by atoms with van der Waals surface area (Å²) in [5.74, 6) is 1.87. The van der Waals surface area contributed by atoms with E-state index in [0.717, 1.165) is 12.2 Å². The second kappa shape index (κ2) is 8.02. The maximum Gasteiger partial charge on any atom is 0.128 e. The highest BCUT2D eigenvalue weighted by Crippen LogP contribution is 2.29. The van der Waals surface area contributed by atoms with Crippen LogP contribution < -0.4 is 9.47 Å². The Hall–Kier alpha value is -1.26. The zero-order chi connectivity index (χ0) is 14.3. The topological polar surface area (TPSA) is 47.9 Å². The standard InChI is InChI=1S/C15H24O4/c1-11(2)10-18-7-8-19-15-9-13(17-4)5-6-14(15)12(3)16/h5-6,9,11-12,16H,7-8,10H2,1-4H3. The first-order chi connectivity index (χ1) is 9.04. The highest BCUT2D eigenvalue weighted by Gasteiger charge is 2.10. The summed E-state index contributed by atoms with van der Waals surface area (Å²) in [5, 5.41) is 9.69. The van der Waals surface area contributed by atoms with Gasteiger partial charge in [-0.3, -0.25) is 0 Å².